The first kappa shape index (κ1) is 5.53. The van der Waals surface area contributed by atoms with Gasteiger partial charge in [-0.15, -0.1) is 0 Å². The molecule has 0 saturated carbocycles. The molecule has 0 rings (SSSR count). The summed E-state index contributed by atoms with van der Waals surface area (Å²) in [5, 5.41) is 0. The van der Waals surface area contributed by atoms with Crippen LogP contribution < -0.4 is 0 Å². The molecule has 0 aliphatic rings. The molecule has 1 radical (unpaired) electrons. The van der Waals surface area contributed by atoms with Gasteiger partial charge >= 0.3 is 6.43 Å². The zero-order valence-corrected chi connectivity index (χ0v) is 2.79. The lowest BCUT2D eigenvalue weighted by Crippen LogP contribution is -1.62. The molecule has 0 unspecified atom stereocenters. The van der Waals surface area contributed by atoms with Crippen molar-refractivity contribution in [2.45, 2.75) is 0 Å². The first-order valence-corrected chi connectivity index (χ1v) is 1.22. The molecule has 3 heteroatoms. The highest BCUT2D eigenvalue weighted by molar-refractivity contribution is 4.88. The maximum atomic E-state index is 10.6. The highest BCUT2D eigenvalue weighted by Crippen LogP contribution is 2.02. The Kier molecular flexibility index (Phi) is 2.54. The summed E-state index contributed by atoms with van der Waals surface area (Å²) < 4.78 is 31.8. The van der Waals surface area contributed by atoms with Gasteiger partial charge in [0.1, 0.15) is 0 Å². The molecule has 0 saturated heterocycles. The smallest absolute Gasteiger partial charge is 0.216 e. The van der Waals surface area contributed by atoms with Crippen LogP contribution >= 0.6 is 0 Å². The second kappa shape index (κ2) is 2.75. The largest absolute Gasteiger partial charge is 0.334 e. The second-order valence-corrected chi connectivity index (χ2v) is 0.582. The van der Waals surface area contributed by atoms with Gasteiger partial charge in [-0.3, -0.25) is 0 Å². The number of hydrogen-bond acceptors (Lipinski definition) is 0. The zero-order chi connectivity index (χ0) is 4.99. The van der Waals surface area contributed by atoms with Crippen LogP contribution in [0.5, 0.6) is 0 Å². The van der Waals surface area contributed by atoms with Crippen molar-refractivity contribution < 1.29 is 13.2 Å². The summed E-state index contributed by atoms with van der Waals surface area (Å²) in [5.74, 6) is 0. The normalized spacial score (nSPS) is 11.3. The highest BCUT2D eigenvalue weighted by Gasteiger charge is 1.93. The van der Waals surface area contributed by atoms with Crippen molar-refractivity contribution >= 4 is 0 Å². The zero-order valence-electron chi connectivity index (χ0n) is 2.79. The Balaban J connectivity index is 3.03. The van der Waals surface area contributed by atoms with Crippen molar-refractivity contribution in [3.8, 4) is 0 Å². The third kappa shape index (κ3) is 3.53. The van der Waals surface area contributed by atoms with Crippen molar-refractivity contribution in [2.75, 3.05) is 0 Å². The van der Waals surface area contributed by atoms with E-state index in [4.69, 9.17) is 0 Å². The van der Waals surface area contributed by atoms with Crippen molar-refractivity contribution in [3.63, 3.8) is 0 Å². The molecular formula is C3H2F3. The molecule has 0 aliphatic carbocycles. The van der Waals surface area contributed by atoms with E-state index in [0.29, 0.717) is 0 Å². The lowest BCUT2D eigenvalue weighted by Gasteiger charge is -1.73. The van der Waals surface area contributed by atoms with E-state index in [1.165, 1.54) is 0 Å². The minimum atomic E-state index is -2.02. The van der Waals surface area contributed by atoms with Crippen molar-refractivity contribution in [1.29, 1.82) is 0 Å². The number of hydrogen-bond donors (Lipinski definition) is 0. The van der Waals surface area contributed by atoms with E-state index >= 15 is 0 Å². The third-order valence-electron chi connectivity index (χ3n) is 0.189. The van der Waals surface area contributed by atoms with Crippen LogP contribution in [-0.4, -0.2) is 0 Å². The Labute approximate surface area is 33.3 Å². The third-order valence-corrected chi connectivity index (χ3v) is 0.189. The van der Waals surface area contributed by atoms with E-state index in [1.54, 1.807) is 0 Å². The minimum absolute atomic E-state index is 0.0833. The van der Waals surface area contributed by atoms with Crippen LogP contribution in [0.3, 0.4) is 0 Å². The monoisotopic (exact) mass is 95.0 g/mol. The average Bonchev–Trinajstić information content (AvgIpc) is 1.35. The number of halogens is 3. The SMILES string of the molecule is F/C=C/[C](F)F. The van der Waals surface area contributed by atoms with Crippen molar-refractivity contribution in [3.05, 3.63) is 18.8 Å². The first-order chi connectivity index (χ1) is 2.77. The van der Waals surface area contributed by atoms with Crippen LogP contribution in [0.25, 0.3) is 0 Å². The molecule has 0 N–H and O–H groups in total. The Morgan fingerprint density at radius 2 is 1.83 bits per heavy atom. The van der Waals surface area contributed by atoms with Gasteiger partial charge in [0.25, 0.3) is 0 Å². The van der Waals surface area contributed by atoms with Crippen molar-refractivity contribution in [2.24, 2.45) is 0 Å². The molecule has 0 aromatic rings. The standard InChI is InChI=1S/C3H2F3/c4-2-1-3(5)6/h1-2H/b2-1+. The molecule has 6 heavy (non-hydrogen) atoms. The van der Waals surface area contributed by atoms with E-state index < -0.39 is 6.43 Å². The van der Waals surface area contributed by atoms with Gasteiger partial charge in [-0.25, -0.2) is 4.39 Å². The molecule has 0 atom stereocenters. The number of rotatable bonds is 1. The van der Waals surface area contributed by atoms with Gasteiger partial charge in [-0.1, -0.05) is 0 Å². The lowest BCUT2D eigenvalue weighted by molar-refractivity contribution is 0.331. The summed E-state index contributed by atoms with van der Waals surface area (Å²) in [5.41, 5.74) is 0. The second-order valence-electron chi connectivity index (χ2n) is 0.582. The number of allylic oxidation sites excluding steroid dienone is 1. The van der Waals surface area contributed by atoms with Crippen LogP contribution in [0.15, 0.2) is 12.4 Å². The lowest BCUT2D eigenvalue weighted by atomic mass is 10.7. The summed E-state index contributed by atoms with van der Waals surface area (Å²) in [6, 6.07) is 0. The van der Waals surface area contributed by atoms with E-state index in [2.05, 4.69) is 0 Å². The van der Waals surface area contributed by atoms with Gasteiger partial charge in [0.05, 0.1) is 6.33 Å². The van der Waals surface area contributed by atoms with E-state index in [-0.39, 0.29) is 12.4 Å². The Morgan fingerprint density at radius 1 is 1.33 bits per heavy atom. The van der Waals surface area contributed by atoms with Crippen LogP contribution in [0.1, 0.15) is 0 Å². The Bertz CT molecular complexity index is 48.0. The van der Waals surface area contributed by atoms with E-state index in [1.807, 2.05) is 0 Å². The Hall–Kier alpha value is -0.470. The fourth-order valence-electron chi connectivity index (χ4n) is 0.0476. The predicted molar refractivity (Wildman–Crippen MR) is 15.7 cm³/mol. The topological polar surface area (TPSA) is 0 Å². The predicted octanol–water partition coefficient (Wildman–Crippen LogP) is 1.90. The summed E-state index contributed by atoms with van der Waals surface area (Å²) in [4.78, 5) is 0. The van der Waals surface area contributed by atoms with Crippen LogP contribution in [0, 0.1) is 6.43 Å². The minimum Gasteiger partial charge on any atom is -0.216 e. The molecule has 0 nitrogen and oxygen atoms in total. The first-order valence-electron chi connectivity index (χ1n) is 1.22. The molecule has 35 valence electrons. The van der Waals surface area contributed by atoms with E-state index in [0.717, 1.165) is 0 Å². The quantitative estimate of drug-likeness (QED) is 0.466. The molecule has 0 amide bonds. The fourth-order valence-corrected chi connectivity index (χ4v) is 0.0476. The van der Waals surface area contributed by atoms with Gasteiger partial charge in [0, 0.05) is 6.08 Å². The van der Waals surface area contributed by atoms with Crippen molar-refractivity contribution in [1.82, 2.24) is 0 Å². The van der Waals surface area contributed by atoms with Crippen LogP contribution in [0.2, 0.25) is 0 Å². The molecular weight excluding hydrogens is 93.0 g/mol. The molecule has 0 spiro atoms. The van der Waals surface area contributed by atoms with E-state index in [9.17, 15) is 13.2 Å². The highest BCUT2D eigenvalue weighted by atomic mass is 19.3. The molecule has 0 aliphatic heterocycles. The van der Waals surface area contributed by atoms with Gasteiger partial charge < -0.3 is 0 Å². The fraction of sp³-hybridized carbons (Fsp3) is 0. The summed E-state index contributed by atoms with van der Waals surface area (Å²) >= 11 is 0. The van der Waals surface area contributed by atoms with Gasteiger partial charge in [0.2, 0.25) is 0 Å². The molecule has 0 fully saturated rings. The molecule has 0 aromatic carbocycles. The molecule has 0 bridgehead atoms. The van der Waals surface area contributed by atoms with Gasteiger partial charge in [0.15, 0.2) is 0 Å². The molecule has 0 heterocycles. The Morgan fingerprint density at radius 3 is 1.83 bits per heavy atom. The van der Waals surface area contributed by atoms with Crippen LogP contribution in [0.4, 0.5) is 13.2 Å². The summed E-state index contributed by atoms with van der Waals surface area (Å²) in [6.07, 6.45) is -2.15. The van der Waals surface area contributed by atoms with Gasteiger partial charge in [-0.2, -0.15) is 8.78 Å². The maximum Gasteiger partial charge on any atom is 0.334 e. The summed E-state index contributed by atoms with van der Waals surface area (Å²) in [7, 11) is 0. The molecule has 0 aromatic heterocycles. The average molecular weight is 95.0 g/mol. The van der Waals surface area contributed by atoms with Crippen LogP contribution in [-0.2, 0) is 0 Å². The maximum absolute atomic E-state index is 10.6. The van der Waals surface area contributed by atoms with Gasteiger partial charge in [-0.05, 0) is 0 Å². The summed E-state index contributed by atoms with van der Waals surface area (Å²) in [6.45, 7) is 0.